The normalized spacial score (nSPS) is 24.8. The van der Waals surface area contributed by atoms with E-state index in [-0.39, 0.29) is 17.7 Å². The highest BCUT2D eigenvalue weighted by Crippen LogP contribution is 2.41. The molecule has 22 heteroatoms. The zero-order chi connectivity index (χ0) is 52.8. The summed E-state index contributed by atoms with van der Waals surface area (Å²) in [6.45, 7) is 10.2. The molecule has 390 valence electrons. The van der Waals surface area contributed by atoms with Crippen LogP contribution in [0, 0.1) is 0 Å². The second-order valence-corrected chi connectivity index (χ2v) is 24.8. The maximum Gasteiger partial charge on any atom is 0.338 e. The van der Waals surface area contributed by atoms with Crippen molar-refractivity contribution in [3.8, 4) is 0 Å². The predicted octanol–water partition coefficient (Wildman–Crippen LogP) is 4.56. The average molecular weight is 1040 g/mol. The van der Waals surface area contributed by atoms with Gasteiger partial charge >= 0.3 is 35.8 Å². The molecule has 3 aromatic rings. The molecule has 72 heavy (non-hydrogen) atoms. The molecule has 11 atom stereocenters. The van der Waals surface area contributed by atoms with E-state index in [1.807, 2.05) is 0 Å². The summed E-state index contributed by atoms with van der Waals surface area (Å²) in [6.07, 6.45) is -15.9. The van der Waals surface area contributed by atoms with E-state index in [1.54, 1.807) is 66.7 Å². The number of carbonyl (C=O) groups is 8. The lowest BCUT2D eigenvalue weighted by atomic mass is 9.88. The van der Waals surface area contributed by atoms with Crippen molar-refractivity contribution in [3.63, 3.8) is 0 Å². The molecule has 1 amide bonds. The standard InChI is InChI=1S/C50H61NO19SSi/c1-29(52)51-40-37(64-31(3)54)26-50(49(60)71-36-22-16-11-17-23-36,70-43(40)42(66-33(5)56)39(65-32(4)55)27-62-30(2)53)63-28-38-41(57)44(68-46(58)34-18-12-9-13-19-34)45(48(67-38)61-24-25-72(6,7)8)69-47(59)35-20-14-10-15-21-35/h9-23,37-45,48,57H,24-28H2,1-8H3,(H,51,52)/t37-,38+,39+,40+,41-,42+,43+,44-,45+,48+,50+/m0/s1. The molecule has 2 heterocycles. The lowest BCUT2D eigenvalue weighted by molar-refractivity contribution is -0.331. The molecule has 0 radical (unpaired) electrons. The largest absolute Gasteiger partial charge is 0.462 e. The summed E-state index contributed by atoms with van der Waals surface area (Å²) >= 11 is 0.629. The zero-order valence-corrected chi connectivity index (χ0v) is 43.0. The van der Waals surface area contributed by atoms with Crippen LogP contribution in [-0.4, -0.2) is 147 Å². The molecule has 0 saturated carbocycles. The number of hydrogen-bond acceptors (Lipinski definition) is 20. The van der Waals surface area contributed by atoms with E-state index in [1.165, 1.54) is 24.3 Å². The van der Waals surface area contributed by atoms with Crippen LogP contribution in [-0.2, 0) is 76.1 Å². The molecule has 2 aliphatic rings. The molecule has 0 aliphatic carbocycles. The first kappa shape index (κ1) is 56.9. The van der Waals surface area contributed by atoms with Gasteiger partial charge in [-0.2, -0.15) is 0 Å². The fourth-order valence-electron chi connectivity index (χ4n) is 7.72. The van der Waals surface area contributed by atoms with Crippen molar-refractivity contribution in [2.45, 2.75) is 139 Å². The maximum atomic E-state index is 15.1. The lowest BCUT2D eigenvalue weighted by Crippen LogP contribution is -2.69. The van der Waals surface area contributed by atoms with Crippen LogP contribution in [0.25, 0.3) is 0 Å². The molecule has 5 rings (SSSR count). The second-order valence-electron chi connectivity index (χ2n) is 18.1. The molecule has 3 aromatic carbocycles. The number of esters is 6. The minimum atomic E-state index is -2.62. The Labute approximate surface area is 421 Å². The monoisotopic (exact) mass is 1040 g/mol. The summed E-state index contributed by atoms with van der Waals surface area (Å²) in [6, 6.07) is 23.1. The Morgan fingerprint density at radius 3 is 1.81 bits per heavy atom. The number of hydrogen-bond donors (Lipinski definition) is 2. The zero-order valence-electron chi connectivity index (χ0n) is 41.2. The number of amides is 1. The van der Waals surface area contributed by atoms with E-state index in [0.717, 1.165) is 34.6 Å². The number of aliphatic hydroxyl groups excluding tert-OH is 1. The summed E-state index contributed by atoms with van der Waals surface area (Å²) in [5.41, 5.74) is 0.216. The lowest BCUT2D eigenvalue weighted by Gasteiger charge is -2.49. The Morgan fingerprint density at radius 1 is 0.736 bits per heavy atom. The maximum absolute atomic E-state index is 15.1. The molecule has 20 nitrogen and oxygen atoms in total. The highest BCUT2D eigenvalue weighted by molar-refractivity contribution is 8.13. The van der Waals surface area contributed by atoms with Crippen LogP contribution in [0.3, 0.4) is 0 Å². The number of benzene rings is 3. The smallest absolute Gasteiger partial charge is 0.338 e. The van der Waals surface area contributed by atoms with Crippen molar-refractivity contribution in [3.05, 3.63) is 102 Å². The van der Waals surface area contributed by atoms with Crippen molar-refractivity contribution in [1.82, 2.24) is 5.32 Å². The Bertz CT molecular complexity index is 2350. The first-order valence-corrected chi connectivity index (χ1v) is 27.6. The quantitative estimate of drug-likeness (QED) is 0.0641. The fourth-order valence-corrected chi connectivity index (χ4v) is 9.30. The molecule has 2 N–H and O–H groups in total. The van der Waals surface area contributed by atoms with E-state index in [9.17, 15) is 38.7 Å². The molecule has 2 fully saturated rings. The minimum Gasteiger partial charge on any atom is -0.462 e. The molecule has 2 saturated heterocycles. The Kier molecular flexibility index (Phi) is 20.6. The summed E-state index contributed by atoms with van der Waals surface area (Å²) in [7, 11) is -1.80. The molecular weight excluding hydrogens is 979 g/mol. The molecule has 0 spiro atoms. The van der Waals surface area contributed by atoms with E-state index in [0.29, 0.717) is 22.7 Å². The van der Waals surface area contributed by atoms with Crippen molar-refractivity contribution >= 4 is 66.7 Å². The van der Waals surface area contributed by atoms with Gasteiger partial charge in [0.2, 0.25) is 11.7 Å². The van der Waals surface area contributed by atoms with Gasteiger partial charge in [-0.05, 0) is 54.2 Å². The van der Waals surface area contributed by atoms with Crippen LogP contribution in [0.1, 0.15) is 61.8 Å². The number of carbonyl (C=O) groups excluding carboxylic acids is 8. The van der Waals surface area contributed by atoms with Gasteiger partial charge in [0, 0.05) is 60.6 Å². The third-order valence-corrected chi connectivity index (χ3v) is 13.7. The number of aliphatic hydroxyl groups is 1. The highest BCUT2D eigenvalue weighted by Gasteiger charge is 2.60. The minimum absolute atomic E-state index is 0.0761. The van der Waals surface area contributed by atoms with Crippen LogP contribution in [0.4, 0.5) is 0 Å². The second kappa shape index (κ2) is 26.1. The predicted molar refractivity (Wildman–Crippen MR) is 256 cm³/mol. The Hall–Kier alpha value is -6.01. The van der Waals surface area contributed by atoms with Gasteiger partial charge in [0.25, 0.3) is 5.12 Å². The number of nitrogens with one attached hydrogen (secondary N) is 1. The van der Waals surface area contributed by atoms with Crippen molar-refractivity contribution in [2.24, 2.45) is 0 Å². The van der Waals surface area contributed by atoms with Gasteiger partial charge < -0.3 is 57.8 Å². The number of thioether (sulfide) groups is 1. The fraction of sp³-hybridized carbons (Fsp3) is 0.480. The number of rotatable bonds is 21. The van der Waals surface area contributed by atoms with Crippen molar-refractivity contribution < 1.29 is 90.8 Å². The third kappa shape index (κ3) is 16.5. The van der Waals surface area contributed by atoms with Gasteiger partial charge in [-0.1, -0.05) is 74.2 Å². The number of ether oxygens (including phenoxy) is 10. The molecule has 0 aromatic heterocycles. The van der Waals surface area contributed by atoms with Crippen molar-refractivity contribution in [1.29, 1.82) is 0 Å². The van der Waals surface area contributed by atoms with Crippen LogP contribution in [0.15, 0.2) is 95.9 Å². The topological polar surface area (TPSA) is 261 Å². The molecular formula is C50H61NO19SSi. The van der Waals surface area contributed by atoms with E-state index in [4.69, 9.17) is 47.4 Å². The molecule has 2 aliphatic heterocycles. The Balaban J connectivity index is 1.65. The molecule has 0 unspecified atom stereocenters. The van der Waals surface area contributed by atoms with E-state index >= 15 is 4.79 Å². The SMILES string of the molecule is CC(=O)N[C@H]1[C@H]([C@H](OC(C)=O)[C@@H](COC(C)=O)OC(C)=O)O[C@@](OC[C@H]2O[C@@H](OCC[Si](C)(C)C)[C@H](OC(=O)c3ccccc3)[C@@H](OC(=O)c3ccccc3)[C@H]2O)(C(=O)Sc2ccccc2)C[C@@H]1OC(C)=O. The van der Waals surface area contributed by atoms with Gasteiger partial charge in [-0.25, -0.2) is 9.59 Å². The van der Waals surface area contributed by atoms with Crippen LogP contribution < -0.4 is 5.32 Å². The molecule has 0 bridgehead atoms. The van der Waals surface area contributed by atoms with Gasteiger partial charge in [0.15, 0.2) is 30.7 Å². The average Bonchev–Trinajstić information content (AvgIpc) is 3.31. The summed E-state index contributed by atoms with van der Waals surface area (Å²) < 4.78 is 60.1. The highest BCUT2D eigenvalue weighted by atomic mass is 32.2. The summed E-state index contributed by atoms with van der Waals surface area (Å²) in [4.78, 5) is 107. The first-order valence-electron chi connectivity index (χ1n) is 23.0. The van der Waals surface area contributed by atoms with Gasteiger partial charge in [0.1, 0.15) is 31.0 Å². The van der Waals surface area contributed by atoms with Crippen LogP contribution in [0.5, 0.6) is 0 Å². The van der Waals surface area contributed by atoms with Gasteiger partial charge in [-0.3, -0.25) is 28.8 Å². The third-order valence-electron chi connectivity index (χ3n) is 11.0. The summed E-state index contributed by atoms with van der Waals surface area (Å²) in [5, 5.41) is 14.1. The Morgan fingerprint density at radius 2 is 1.29 bits per heavy atom. The van der Waals surface area contributed by atoms with E-state index in [2.05, 4.69) is 25.0 Å². The van der Waals surface area contributed by atoms with Gasteiger partial charge in [-0.15, -0.1) is 0 Å². The van der Waals surface area contributed by atoms with Crippen LogP contribution >= 0.6 is 11.8 Å². The van der Waals surface area contributed by atoms with E-state index < -0.39 is 141 Å². The van der Waals surface area contributed by atoms with Crippen molar-refractivity contribution in [2.75, 3.05) is 19.8 Å². The van der Waals surface area contributed by atoms with Gasteiger partial charge in [0.05, 0.1) is 23.8 Å². The van der Waals surface area contributed by atoms with Crippen LogP contribution in [0.2, 0.25) is 25.7 Å². The first-order chi connectivity index (χ1) is 34.1. The summed E-state index contributed by atoms with van der Waals surface area (Å²) in [5.74, 6) is -8.70.